The van der Waals surface area contributed by atoms with E-state index in [0.717, 1.165) is 16.0 Å². The maximum absolute atomic E-state index is 13.3. The molecule has 9 heteroatoms. The minimum Gasteiger partial charge on any atom is -0.459 e. The number of ether oxygens (including phenoxy) is 2. The van der Waals surface area contributed by atoms with E-state index >= 15 is 0 Å². The number of para-hydroxylation sites is 1. The van der Waals surface area contributed by atoms with E-state index in [2.05, 4.69) is 5.32 Å². The van der Waals surface area contributed by atoms with Crippen LogP contribution >= 0.6 is 0 Å². The molecule has 3 aromatic rings. The zero-order valence-electron chi connectivity index (χ0n) is 21.0. The number of esters is 1. The summed E-state index contributed by atoms with van der Waals surface area (Å²) in [5, 5.41) is 2.75. The lowest BCUT2D eigenvalue weighted by Crippen LogP contribution is -2.44. The van der Waals surface area contributed by atoms with Gasteiger partial charge < -0.3 is 19.7 Å². The number of benzene rings is 3. The van der Waals surface area contributed by atoms with Crippen LogP contribution in [0.25, 0.3) is 0 Å². The molecule has 0 saturated carbocycles. The van der Waals surface area contributed by atoms with Gasteiger partial charge in [-0.2, -0.15) is 0 Å². The Balaban J connectivity index is 1.44. The number of hydrogen-bond donors (Lipinski definition) is 1. The van der Waals surface area contributed by atoms with E-state index in [0.29, 0.717) is 5.69 Å². The second kappa shape index (κ2) is 12.5. The number of carbonyl (C=O) groups excluding carboxylic acids is 4. The number of imide groups is 1. The summed E-state index contributed by atoms with van der Waals surface area (Å²) in [6.45, 7) is -0.0525. The van der Waals surface area contributed by atoms with Gasteiger partial charge in [-0.1, -0.05) is 78.9 Å². The van der Waals surface area contributed by atoms with Crippen molar-refractivity contribution in [3.05, 3.63) is 102 Å². The highest BCUT2D eigenvalue weighted by molar-refractivity contribution is 6.01. The molecule has 1 aliphatic rings. The number of nitrogens with zero attached hydrogens (tertiary/aromatic N) is 2. The Morgan fingerprint density at radius 3 is 1.95 bits per heavy atom. The van der Waals surface area contributed by atoms with Crippen LogP contribution in [-0.4, -0.2) is 53.4 Å². The molecule has 1 fully saturated rings. The average Bonchev–Trinajstić information content (AvgIpc) is 3.27. The normalized spacial score (nSPS) is 16.6. The predicted molar refractivity (Wildman–Crippen MR) is 140 cm³/mol. The van der Waals surface area contributed by atoms with E-state index in [1.807, 2.05) is 42.5 Å². The molecule has 4 amide bonds. The van der Waals surface area contributed by atoms with Crippen LogP contribution in [0.5, 0.6) is 0 Å². The Morgan fingerprint density at radius 1 is 0.842 bits per heavy atom. The molecule has 1 aliphatic heterocycles. The Kier molecular flexibility index (Phi) is 8.71. The number of anilines is 1. The highest BCUT2D eigenvalue weighted by atomic mass is 16.6. The van der Waals surface area contributed by atoms with Crippen molar-refractivity contribution < 1.29 is 28.7 Å². The molecule has 196 valence electrons. The maximum Gasteiger partial charge on any atom is 0.417 e. The van der Waals surface area contributed by atoms with Gasteiger partial charge in [-0.25, -0.2) is 19.3 Å². The third-order valence-electron chi connectivity index (χ3n) is 6.17. The summed E-state index contributed by atoms with van der Waals surface area (Å²) < 4.78 is 10.8. The topological polar surface area (TPSA) is 105 Å². The van der Waals surface area contributed by atoms with Crippen molar-refractivity contribution in [2.75, 3.05) is 18.9 Å². The fraction of sp³-hybridized carbons (Fsp3) is 0.241. The molecule has 38 heavy (non-hydrogen) atoms. The Morgan fingerprint density at radius 2 is 1.37 bits per heavy atom. The smallest absolute Gasteiger partial charge is 0.417 e. The van der Waals surface area contributed by atoms with Gasteiger partial charge in [0.05, 0.1) is 5.92 Å². The van der Waals surface area contributed by atoms with Gasteiger partial charge in [0.1, 0.15) is 19.3 Å². The van der Waals surface area contributed by atoms with Gasteiger partial charge in [-0.3, -0.25) is 4.79 Å². The summed E-state index contributed by atoms with van der Waals surface area (Å²) >= 11 is 0. The van der Waals surface area contributed by atoms with Crippen molar-refractivity contribution in [1.82, 2.24) is 9.80 Å². The van der Waals surface area contributed by atoms with Gasteiger partial charge >= 0.3 is 18.1 Å². The van der Waals surface area contributed by atoms with Crippen molar-refractivity contribution in [2.24, 2.45) is 5.92 Å². The summed E-state index contributed by atoms with van der Waals surface area (Å²) in [6, 6.07) is 25.5. The Labute approximate surface area is 220 Å². The lowest BCUT2D eigenvalue weighted by atomic mass is 10.0. The van der Waals surface area contributed by atoms with Crippen molar-refractivity contribution in [3.63, 3.8) is 0 Å². The van der Waals surface area contributed by atoms with Crippen molar-refractivity contribution in [1.29, 1.82) is 0 Å². The molecule has 9 nitrogen and oxygen atoms in total. The van der Waals surface area contributed by atoms with E-state index in [-0.39, 0.29) is 26.2 Å². The van der Waals surface area contributed by atoms with Crippen LogP contribution < -0.4 is 5.32 Å². The molecule has 3 aromatic carbocycles. The number of likely N-dealkylation sites (tertiary alicyclic amines) is 1. The fourth-order valence-corrected chi connectivity index (χ4v) is 4.17. The predicted octanol–water partition coefficient (Wildman–Crippen LogP) is 4.45. The monoisotopic (exact) mass is 515 g/mol. The zero-order valence-corrected chi connectivity index (χ0v) is 21.0. The number of urea groups is 1. The molecule has 0 aromatic heterocycles. The van der Waals surface area contributed by atoms with Crippen LogP contribution in [0.1, 0.15) is 17.5 Å². The van der Waals surface area contributed by atoms with Crippen molar-refractivity contribution in [2.45, 2.75) is 25.7 Å². The van der Waals surface area contributed by atoms with E-state index in [9.17, 15) is 19.2 Å². The summed E-state index contributed by atoms with van der Waals surface area (Å²) in [4.78, 5) is 54.2. The first-order valence-electron chi connectivity index (χ1n) is 12.2. The van der Waals surface area contributed by atoms with Gasteiger partial charge in [-0.05, 0) is 29.7 Å². The molecule has 0 unspecified atom stereocenters. The third kappa shape index (κ3) is 6.76. The molecule has 4 rings (SSSR count). The first-order valence-corrected chi connectivity index (χ1v) is 12.2. The van der Waals surface area contributed by atoms with Gasteiger partial charge in [0.25, 0.3) is 0 Å². The zero-order chi connectivity index (χ0) is 26.9. The van der Waals surface area contributed by atoms with Crippen LogP contribution in [0.3, 0.4) is 0 Å². The molecule has 1 N–H and O–H groups in total. The van der Waals surface area contributed by atoms with Crippen LogP contribution in [0.15, 0.2) is 91.0 Å². The molecule has 0 bridgehead atoms. The lowest BCUT2D eigenvalue weighted by Gasteiger charge is -2.22. The summed E-state index contributed by atoms with van der Waals surface area (Å²) in [6.07, 6.45) is -0.921. The van der Waals surface area contributed by atoms with E-state index in [1.165, 1.54) is 4.90 Å². The van der Waals surface area contributed by atoms with E-state index in [1.54, 1.807) is 55.6 Å². The van der Waals surface area contributed by atoms with Crippen LogP contribution in [-0.2, 0) is 32.3 Å². The largest absolute Gasteiger partial charge is 0.459 e. The molecule has 2 atom stereocenters. The lowest BCUT2D eigenvalue weighted by molar-refractivity contribution is -0.152. The highest BCUT2D eigenvalue weighted by Crippen LogP contribution is 2.28. The SMILES string of the molecule is CN(C[C@H]1C[C@@H](C(=O)OCc2ccccc2)N(C(=O)OCc2ccccc2)C1=O)C(=O)Nc1ccccc1. The number of nitrogens with one attached hydrogen (secondary N) is 1. The number of hydrogen-bond acceptors (Lipinski definition) is 6. The molecular formula is C29H29N3O6. The summed E-state index contributed by atoms with van der Waals surface area (Å²) in [5.41, 5.74) is 2.12. The van der Waals surface area contributed by atoms with E-state index < -0.39 is 36.0 Å². The van der Waals surface area contributed by atoms with Crippen LogP contribution in [0.4, 0.5) is 15.3 Å². The quantitative estimate of drug-likeness (QED) is 0.445. The van der Waals surface area contributed by atoms with E-state index in [4.69, 9.17) is 9.47 Å². The average molecular weight is 516 g/mol. The second-order valence-electron chi connectivity index (χ2n) is 8.97. The first kappa shape index (κ1) is 26.4. The number of amides is 4. The summed E-state index contributed by atoms with van der Waals surface area (Å²) in [5.74, 6) is -2.10. The molecule has 1 saturated heterocycles. The van der Waals surface area contributed by atoms with Crippen molar-refractivity contribution in [3.8, 4) is 0 Å². The minimum atomic E-state index is -1.16. The molecule has 1 heterocycles. The molecule has 0 spiro atoms. The minimum absolute atomic E-state index is 0.00131. The standard InChI is InChI=1S/C29H29N3O6/c1-31(28(35)30-24-15-9-4-10-16-24)18-23-17-25(27(34)37-19-21-11-5-2-6-12-21)32(26(23)33)29(36)38-20-22-13-7-3-8-14-22/h2-16,23,25H,17-20H2,1H3,(H,30,35)/t23-,25+/m1/s1. The fourth-order valence-electron chi connectivity index (χ4n) is 4.17. The molecule has 0 radical (unpaired) electrons. The highest BCUT2D eigenvalue weighted by Gasteiger charge is 2.48. The van der Waals surface area contributed by atoms with Crippen LogP contribution in [0.2, 0.25) is 0 Å². The van der Waals surface area contributed by atoms with Gasteiger partial charge in [0.2, 0.25) is 5.91 Å². The van der Waals surface area contributed by atoms with Crippen LogP contribution in [0, 0.1) is 5.92 Å². The van der Waals surface area contributed by atoms with Crippen molar-refractivity contribution >= 4 is 29.7 Å². The number of carbonyl (C=O) groups is 4. The first-order chi connectivity index (χ1) is 18.4. The summed E-state index contributed by atoms with van der Waals surface area (Å²) in [7, 11) is 1.55. The molecule has 0 aliphatic carbocycles. The van der Waals surface area contributed by atoms with Gasteiger partial charge in [0, 0.05) is 19.3 Å². The van der Waals surface area contributed by atoms with Gasteiger partial charge in [-0.15, -0.1) is 0 Å². The Bertz CT molecular complexity index is 1250. The molecular weight excluding hydrogens is 486 g/mol. The van der Waals surface area contributed by atoms with Gasteiger partial charge in [0.15, 0.2) is 0 Å². The maximum atomic E-state index is 13.3. The second-order valence-corrected chi connectivity index (χ2v) is 8.97. The Hall–Kier alpha value is -4.66. The number of rotatable bonds is 8. The third-order valence-corrected chi connectivity index (χ3v) is 6.17.